The van der Waals surface area contributed by atoms with Gasteiger partial charge in [0, 0.05) is 10.7 Å². The molecule has 1 rings (SSSR count). The summed E-state index contributed by atoms with van der Waals surface area (Å²) in [6.45, 7) is 2.27. The number of rotatable bonds is 3. The van der Waals surface area contributed by atoms with E-state index >= 15 is 0 Å². The number of halogens is 1. The predicted molar refractivity (Wildman–Crippen MR) is 60.8 cm³/mol. The molecule has 88 valence electrons. The lowest BCUT2D eigenvalue weighted by atomic mass is 10.2. The van der Waals surface area contributed by atoms with E-state index < -0.39 is 20.6 Å². The van der Waals surface area contributed by atoms with Crippen molar-refractivity contribution >= 4 is 31.7 Å². The minimum absolute atomic E-state index is 0.247. The molecule has 0 fully saturated rings. The van der Waals surface area contributed by atoms with Crippen molar-refractivity contribution in [2.45, 2.75) is 23.6 Å². The topological polar surface area (TPSA) is 84.3 Å². The minimum atomic E-state index is -3.99. The number of carboxylic acid groups (broad SMARTS) is 1. The summed E-state index contributed by atoms with van der Waals surface area (Å²) in [5.41, 5.74) is 0. The highest BCUT2D eigenvalue weighted by Gasteiger charge is 2.43. The molecule has 0 aliphatic carbocycles. The lowest BCUT2D eigenvalue weighted by Gasteiger charge is -2.18. The fourth-order valence-corrected chi connectivity index (χ4v) is 2.32. The molecular weight excluding hydrogens is 298 g/mol. The van der Waals surface area contributed by atoms with Crippen molar-refractivity contribution in [3.63, 3.8) is 0 Å². The van der Waals surface area contributed by atoms with Crippen molar-refractivity contribution in [1.29, 1.82) is 0 Å². The highest BCUT2D eigenvalue weighted by molar-refractivity contribution is 9.10. The van der Waals surface area contributed by atoms with E-state index in [1.54, 1.807) is 0 Å². The molecule has 1 N–H and O–H groups in total. The second kappa shape index (κ2) is 4.14. The lowest BCUT2D eigenvalue weighted by Crippen LogP contribution is -2.40. The van der Waals surface area contributed by atoms with Crippen molar-refractivity contribution in [3.8, 4) is 0 Å². The molecule has 0 unspecified atom stereocenters. The van der Waals surface area contributed by atoms with Crippen LogP contribution in [0.1, 0.15) is 13.8 Å². The largest absolute Gasteiger partial charge is 0.480 e. The molecule has 0 aliphatic rings. The number of aromatic nitrogens is 1. The van der Waals surface area contributed by atoms with Crippen LogP contribution in [-0.2, 0) is 14.6 Å². The second-order valence-corrected chi connectivity index (χ2v) is 7.00. The zero-order valence-corrected chi connectivity index (χ0v) is 11.0. The summed E-state index contributed by atoms with van der Waals surface area (Å²) in [6.07, 6.45) is 1.31. The van der Waals surface area contributed by atoms with E-state index in [4.69, 9.17) is 5.11 Å². The van der Waals surface area contributed by atoms with Gasteiger partial charge in [-0.3, -0.25) is 4.79 Å². The molecule has 0 radical (unpaired) electrons. The normalized spacial score (nSPS) is 12.4. The van der Waals surface area contributed by atoms with Crippen LogP contribution in [0.25, 0.3) is 0 Å². The van der Waals surface area contributed by atoms with Gasteiger partial charge in [0.15, 0.2) is 9.77 Å². The molecular formula is C9H10BrNO4S. The molecule has 16 heavy (non-hydrogen) atoms. The van der Waals surface area contributed by atoms with Gasteiger partial charge >= 0.3 is 5.97 Å². The van der Waals surface area contributed by atoms with Gasteiger partial charge in [-0.25, -0.2) is 13.4 Å². The summed E-state index contributed by atoms with van der Waals surface area (Å²) in [6, 6.07) is 2.77. The van der Waals surface area contributed by atoms with Crippen LogP contribution in [0.5, 0.6) is 0 Å². The number of hydrogen-bond donors (Lipinski definition) is 1. The van der Waals surface area contributed by atoms with Crippen LogP contribution >= 0.6 is 15.9 Å². The first-order valence-corrected chi connectivity index (χ1v) is 6.57. The lowest BCUT2D eigenvalue weighted by molar-refractivity contribution is -0.139. The highest BCUT2D eigenvalue weighted by atomic mass is 79.9. The van der Waals surface area contributed by atoms with E-state index in [0.717, 1.165) is 13.8 Å². The van der Waals surface area contributed by atoms with Gasteiger partial charge < -0.3 is 5.11 Å². The number of hydrogen-bond acceptors (Lipinski definition) is 4. The summed E-state index contributed by atoms with van der Waals surface area (Å²) >= 11 is 3.12. The maximum absolute atomic E-state index is 11.9. The fourth-order valence-electron chi connectivity index (χ4n) is 0.898. The van der Waals surface area contributed by atoms with Gasteiger partial charge in [-0.05, 0) is 41.9 Å². The van der Waals surface area contributed by atoms with E-state index in [1.807, 2.05) is 0 Å². The Morgan fingerprint density at radius 3 is 2.38 bits per heavy atom. The third-order valence-corrected chi connectivity index (χ3v) is 4.94. The van der Waals surface area contributed by atoms with Gasteiger partial charge in [0.1, 0.15) is 0 Å². The Hall–Kier alpha value is -0.950. The van der Waals surface area contributed by atoms with Crippen LogP contribution < -0.4 is 0 Å². The molecule has 0 amide bonds. The van der Waals surface area contributed by atoms with Gasteiger partial charge in [-0.15, -0.1) is 0 Å². The first kappa shape index (κ1) is 13.1. The average molecular weight is 308 g/mol. The highest BCUT2D eigenvalue weighted by Crippen LogP contribution is 2.24. The van der Waals surface area contributed by atoms with Crippen LogP contribution in [0.15, 0.2) is 27.8 Å². The molecule has 0 bridgehead atoms. The molecule has 1 heterocycles. The van der Waals surface area contributed by atoms with Crippen LogP contribution in [0.2, 0.25) is 0 Å². The second-order valence-electron chi connectivity index (χ2n) is 3.63. The first-order chi connectivity index (χ1) is 7.19. The van der Waals surface area contributed by atoms with Gasteiger partial charge in [0.25, 0.3) is 0 Å². The summed E-state index contributed by atoms with van der Waals surface area (Å²) in [4.78, 5) is 14.6. The Morgan fingerprint density at radius 1 is 1.44 bits per heavy atom. The number of pyridine rings is 1. The van der Waals surface area contributed by atoms with Crippen molar-refractivity contribution in [1.82, 2.24) is 4.98 Å². The molecule has 0 saturated carbocycles. The summed E-state index contributed by atoms with van der Waals surface area (Å²) in [5.74, 6) is -1.41. The Balaban J connectivity index is 3.33. The molecule has 0 aliphatic heterocycles. The van der Waals surface area contributed by atoms with E-state index in [2.05, 4.69) is 20.9 Å². The Kier molecular flexibility index (Phi) is 3.39. The maximum atomic E-state index is 11.9. The zero-order valence-electron chi connectivity index (χ0n) is 8.64. The van der Waals surface area contributed by atoms with Gasteiger partial charge in [0.05, 0.1) is 0 Å². The molecule has 1 aromatic heterocycles. The first-order valence-electron chi connectivity index (χ1n) is 4.29. The van der Waals surface area contributed by atoms with E-state index in [1.165, 1.54) is 18.3 Å². The van der Waals surface area contributed by atoms with E-state index in [-0.39, 0.29) is 5.03 Å². The molecule has 1 aromatic rings. The Bertz CT molecular complexity index is 507. The van der Waals surface area contributed by atoms with Crippen molar-refractivity contribution < 1.29 is 18.3 Å². The van der Waals surface area contributed by atoms with Gasteiger partial charge in [0.2, 0.25) is 9.84 Å². The van der Waals surface area contributed by atoms with Crippen LogP contribution in [0.4, 0.5) is 0 Å². The summed E-state index contributed by atoms with van der Waals surface area (Å²) in [5, 5.41) is 8.63. The molecule has 5 nitrogen and oxygen atoms in total. The molecule has 0 aromatic carbocycles. The quantitative estimate of drug-likeness (QED) is 0.914. The van der Waals surface area contributed by atoms with Gasteiger partial charge in [-0.2, -0.15) is 0 Å². The number of carboxylic acids is 1. The van der Waals surface area contributed by atoms with Crippen LogP contribution in [0, 0.1) is 0 Å². The maximum Gasteiger partial charge on any atom is 0.324 e. The third-order valence-electron chi connectivity index (χ3n) is 2.16. The van der Waals surface area contributed by atoms with Crippen molar-refractivity contribution in [2.75, 3.05) is 0 Å². The predicted octanol–water partition coefficient (Wildman–Crippen LogP) is 1.48. The van der Waals surface area contributed by atoms with Crippen molar-refractivity contribution in [3.05, 3.63) is 22.8 Å². The minimum Gasteiger partial charge on any atom is -0.480 e. The third kappa shape index (κ3) is 2.10. The number of aliphatic carboxylic acids is 1. The number of carbonyl (C=O) groups is 1. The van der Waals surface area contributed by atoms with E-state index in [0.29, 0.717) is 4.47 Å². The monoisotopic (exact) mass is 307 g/mol. The molecule has 0 atom stereocenters. The fraction of sp³-hybridized carbons (Fsp3) is 0.333. The zero-order chi connectivity index (χ0) is 12.6. The average Bonchev–Trinajstić information content (AvgIpc) is 2.17. The molecule has 0 spiro atoms. The number of sulfone groups is 1. The summed E-state index contributed by atoms with van der Waals surface area (Å²) < 4.78 is 22.6. The van der Waals surface area contributed by atoms with Gasteiger partial charge in [-0.1, -0.05) is 0 Å². The summed E-state index contributed by atoms with van der Waals surface area (Å²) in [7, 11) is -3.99. The SMILES string of the molecule is CC(C)(C(=O)O)S(=O)(=O)c1ccc(Br)cn1. The number of nitrogens with zero attached hydrogens (tertiary/aromatic N) is 1. The Morgan fingerprint density at radius 2 is 2.00 bits per heavy atom. The standard InChI is InChI=1S/C9H10BrNO4S/c1-9(2,8(12)13)16(14,15)7-4-3-6(10)5-11-7/h3-5H,1-2H3,(H,12,13). The van der Waals surface area contributed by atoms with Crippen molar-refractivity contribution in [2.24, 2.45) is 0 Å². The van der Waals surface area contributed by atoms with E-state index in [9.17, 15) is 13.2 Å². The molecule has 7 heteroatoms. The smallest absolute Gasteiger partial charge is 0.324 e. The Labute approximate surface area is 102 Å². The molecule has 0 saturated heterocycles. The van der Waals surface area contributed by atoms with Crippen LogP contribution in [0.3, 0.4) is 0 Å². The van der Waals surface area contributed by atoms with Crippen LogP contribution in [-0.4, -0.2) is 29.2 Å².